The van der Waals surface area contributed by atoms with Crippen LogP contribution in [0.15, 0.2) is 30.5 Å². The van der Waals surface area contributed by atoms with Gasteiger partial charge in [-0.25, -0.2) is 4.98 Å². The zero-order valence-electron chi connectivity index (χ0n) is 18.9. The zero-order chi connectivity index (χ0) is 23.5. The second-order valence-electron chi connectivity index (χ2n) is 8.24. The molecule has 0 saturated carbocycles. The largest absolute Gasteiger partial charge is 0.490 e. The van der Waals surface area contributed by atoms with Crippen LogP contribution < -0.4 is 19.1 Å². The summed E-state index contributed by atoms with van der Waals surface area (Å²) in [5.74, 6) is 1.66. The van der Waals surface area contributed by atoms with Gasteiger partial charge in [0.1, 0.15) is 35.8 Å². The molecule has 1 unspecified atom stereocenters. The highest BCUT2D eigenvalue weighted by atomic mass is 16.6. The van der Waals surface area contributed by atoms with Crippen molar-refractivity contribution in [2.45, 2.75) is 18.6 Å². The quantitative estimate of drug-likeness (QED) is 0.653. The second-order valence-corrected chi connectivity index (χ2v) is 8.24. The van der Waals surface area contributed by atoms with Gasteiger partial charge >= 0.3 is 0 Å². The van der Waals surface area contributed by atoms with Gasteiger partial charge in [-0.3, -0.25) is 4.79 Å². The van der Waals surface area contributed by atoms with E-state index in [1.807, 2.05) is 23.1 Å². The van der Waals surface area contributed by atoms with Gasteiger partial charge in [0, 0.05) is 19.0 Å². The van der Waals surface area contributed by atoms with Crippen LogP contribution in [0.5, 0.6) is 17.4 Å². The third-order valence-corrected chi connectivity index (χ3v) is 6.11. The molecule has 1 aromatic heterocycles. The minimum absolute atomic E-state index is 0.0453. The maximum atomic E-state index is 12.7. The molecular formula is C24H26N4O6. The van der Waals surface area contributed by atoms with E-state index in [1.165, 1.54) is 7.11 Å². The number of ether oxygens (including phenoxy) is 5. The van der Waals surface area contributed by atoms with Crippen molar-refractivity contribution in [1.82, 2.24) is 9.88 Å². The number of hydrogen-bond acceptors (Lipinski definition) is 9. The lowest BCUT2D eigenvalue weighted by molar-refractivity contribution is -0.157. The van der Waals surface area contributed by atoms with E-state index in [1.54, 1.807) is 17.2 Å². The average molecular weight is 466 g/mol. The standard InChI is InChI=1S/C24H26N4O6/c1-30-23-16(12-25)10-17(13-26-23)28-6-7-32-21-3-2-18(11-20(21)28)34-19-4-5-27(14-19)24(29)22-15-31-8-9-33-22/h2-3,10-11,13,19,22H,4-9,14-15H2,1H3/t19-,22?/m0/s1. The van der Waals surface area contributed by atoms with Crippen molar-refractivity contribution in [3.63, 3.8) is 0 Å². The number of fused-ring (bicyclic) bond motifs is 1. The van der Waals surface area contributed by atoms with Crippen molar-refractivity contribution in [3.05, 3.63) is 36.0 Å². The van der Waals surface area contributed by atoms with Crippen LogP contribution in [0.25, 0.3) is 0 Å². The number of hydrogen-bond donors (Lipinski definition) is 0. The molecule has 2 atom stereocenters. The van der Waals surface area contributed by atoms with Crippen molar-refractivity contribution >= 4 is 17.3 Å². The van der Waals surface area contributed by atoms with E-state index in [-0.39, 0.29) is 12.0 Å². The van der Waals surface area contributed by atoms with E-state index < -0.39 is 6.10 Å². The van der Waals surface area contributed by atoms with Gasteiger partial charge in [-0.2, -0.15) is 5.26 Å². The molecular weight excluding hydrogens is 440 g/mol. The number of methoxy groups -OCH3 is 1. The minimum atomic E-state index is -0.529. The minimum Gasteiger partial charge on any atom is -0.490 e. The van der Waals surface area contributed by atoms with Crippen LogP contribution in [0.3, 0.4) is 0 Å². The fourth-order valence-corrected chi connectivity index (χ4v) is 4.42. The lowest BCUT2D eigenvalue weighted by Gasteiger charge is -2.31. The fourth-order valence-electron chi connectivity index (χ4n) is 4.42. The monoisotopic (exact) mass is 466 g/mol. The number of likely N-dealkylation sites (tertiary alicyclic amines) is 1. The number of carbonyl (C=O) groups excluding carboxylic acids is 1. The summed E-state index contributed by atoms with van der Waals surface area (Å²) in [5, 5.41) is 9.44. The normalized spacial score (nSPS) is 21.9. The molecule has 10 heteroatoms. The molecule has 0 spiro atoms. The molecule has 3 aliphatic rings. The molecule has 34 heavy (non-hydrogen) atoms. The fraction of sp³-hybridized carbons (Fsp3) is 0.458. The summed E-state index contributed by atoms with van der Waals surface area (Å²) in [6.07, 6.45) is 1.78. The molecule has 2 saturated heterocycles. The van der Waals surface area contributed by atoms with Crippen molar-refractivity contribution < 1.29 is 28.5 Å². The van der Waals surface area contributed by atoms with Gasteiger partial charge in [0.2, 0.25) is 5.88 Å². The van der Waals surface area contributed by atoms with Gasteiger partial charge in [-0.05, 0) is 18.2 Å². The third-order valence-electron chi connectivity index (χ3n) is 6.11. The first-order chi connectivity index (χ1) is 16.7. The van der Waals surface area contributed by atoms with Crippen LogP contribution in [0, 0.1) is 11.3 Å². The number of rotatable bonds is 5. The van der Waals surface area contributed by atoms with Crippen LogP contribution in [-0.4, -0.2) is 81.2 Å². The molecule has 1 aromatic carbocycles. The maximum absolute atomic E-state index is 12.7. The molecule has 2 aromatic rings. The first kappa shape index (κ1) is 22.3. The van der Waals surface area contributed by atoms with E-state index in [0.717, 1.165) is 23.5 Å². The van der Waals surface area contributed by atoms with Crippen LogP contribution >= 0.6 is 0 Å². The van der Waals surface area contributed by atoms with Gasteiger partial charge in [-0.15, -0.1) is 0 Å². The smallest absolute Gasteiger partial charge is 0.254 e. The Balaban J connectivity index is 1.30. The summed E-state index contributed by atoms with van der Waals surface area (Å²) in [5.41, 5.74) is 1.97. The lowest BCUT2D eigenvalue weighted by Crippen LogP contribution is -2.44. The number of aromatic nitrogens is 1. The summed E-state index contributed by atoms with van der Waals surface area (Å²) in [6, 6.07) is 9.56. The average Bonchev–Trinajstić information content (AvgIpc) is 3.36. The highest BCUT2D eigenvalue weighted by Gasteiger charge is 2.34. The topological polar surface area (TPSA) is 106 Å². The SMILES string of the molecule is COc1ncc(N2CCOc3ccc(O[C@H]4CCN(C(=O)C5COCCO5)C4)cc32)cc1C#N. The van der Waals surface area contributed by atoms with Crippen molar-refractivity contribution in [1.29, 1.82) is 5.26 Å². The predicted molar refractivity (Wildman–Crippen MR) is 121 cm³/mol. The molecule has 3 aliphatic heterocycles. The second kappa shape index (κ2) is 9.75. The van der Waals surface area contributed by atoms with Gasteiger partial charge in [-0.1, -0.05) is 0 Å². The number of amides is 1. The Kier molecular flexibility index (Phi) is 6.38. The first-order valence-corrected chi connectivity index (χ1v) is 11.3. The highest BCUT2D eigenvalue weighted by Crippen LogP contribution is 2.40. The number of benzene rings is 1. The third kappa shape index (κ3) is 4.44. The summed E-state index contributed by atoms with van der Waals surface area (Å²) in [4.78, 5) is 20.8. The molecule has 4 heterocycles. The summed E-state index contributed by atoms with van der Waals surface area (Å²) in [6.45, 7) is 3.51. The van der Waals surface area contributed by atoms with Crippen molar-refractivity contribution in [2.24, 2.45) is 0 Å². The van der Waals surface area contributed by atoms with Crippen molar-refractivity contribution in [2.75, 3.05) is 58.1 Å². The lowest BCUT2D eigenvalue weighted by atomic mass is 10.2. The van der Waals surface area contributed by atoms with Gasteiger partial charge in [0.15, 0.2) is 6.10 Å². The Morgan fingerprint density at radius 3 is 2.94 bits per heavy atom. The van der Waals surface area contributed by atoms with Gasteiger partial charge in [0.25, 0.3) is 5.91 Å². The van der Waals surface area contributed by atoms with E-state index in [2.05, 4.69) is 11.1 Å². The van der Waals surface area contributed by atoms with Crippen LogP contribution in [0.1, 0.15) is 12.0 Å². The summed E-state index contributed by atoms with van der Waals surface area (Å²) < 4.78 is 28.1. The predicted octanol–water partition coefficient (Wildman–Crippen LogP) is 1.89. The number of pyridine rings is 1. The van der Waals surface area contributed by atoms with E-state index >= 15 is 0 Å². The van der Waals surface area contributed by atoms with Gasteiger partial charge in [0.05, 0.1) is 57.6 Å². The zero-order valence-corrected chi connectivity index (χ0v) is 18.9. The molecule has 10 nitrogen and oxygen atoms in total. The van der Waals surface area contributed by atoms with E-state index in [0.29, 0.717) is 63.3 Å². The molecule has 0 radical (unpaired) electrons. The van der Waals surface area contributed by atoms with Crippen molar-refractivity contribution in [3.8, 4) is 23.4 Å². The number of anilines is 2. The van der Waals surface area contributed by atoms with Crippen LogP contribution in [0.2, 0.25) is 0 Å². The molecule has 1 amide bonds. The molecule has 2 fully saturated rings. The Morgan fingerprint density at radius 1 is 1.24 bits per heavy atom. The number of carbonyl (C=O) groups is 1. The molecule has 0 bridgehead atoms. The maximum Gasteiger partial charge on any atom is 0.254 e. The number of nitrogens with zero attached hydrogens (tertiary/aromatic N) is 4. The Hall–Kier alpha value is -3.55. The Morgan fingerprint density at radius 2 is 2.15 bits per heavy atom. The summed E-state index contributed by atoms with van der Waals surface area (Å²) in [7, 11) is 1.49. The van der Waals surface area contributed by atoms with Crippen LogP contribution in [0.4, 0.5) is 11.4 Å². The number of nitriles is 1. The van der Waals surface area contributed by atoms with E-state index in [4.69, 9.17) is 23.7 Å². The first-order valence-electron chi connectivity index (χ1n) is 11.3. The Bertz CT molecular complexity index is 1100. The van der Waals surface area contributed by atoms with E-state index in [9.17, 15) is 10.1 Å². The summed E-state index contributed by atoms with van der Waals surface area (Å²) >= 11 is 0. The molecule has 0 aliphatic carbocycles. The molecule has 0 N–H and O–H groups in total. The Labute approximate surface area is 197 Å². The van der Waals surface area contributed by atoms with Crippen LogP contribution in [-0.2, 0) is 14.3 Å². The molecule has 5 rings (SSSR count). The molecule has 178 valence electrons. The van der Waals surface area contributed by atoms with Gasteiger partial charge < -0.3 is 33.5 Å². The highest BCUT2D eigenvalue weighted by molar-refractivity contribution is 5.81.